The van der Waals surface area contributed by atoms with Crippen LogP contribution < -0.4 is 10.6 Å². The van der Waals surface area contributed by atoms with Gasteiger partial charge in [0.25, 0.3) is 0 Å². The fourth-order valence-corrected chi connectivity index (χ4v) is 5.63. The number of pyridine rings is 2. The maximum atomic E-state index is 15.9. The van der Waals surface area contributed by atoms with Crippen LogP contribution in [-0.4, -0.2) is 56.0 Å². The van der Waals surface area contributed by atoms with E-state index in [1.807, 2.05) is 32.6 Å². The molecule has 0 radical (unpaired) electrons. The first-order valence-electron chi connectivity index (χ1n) is 13.3. The molecule has 0 unspecified atom stereocenters. The number of halogens is 2. The molecule has 5 rings (SSSR count). The van der Waals surface area contributed by atoms with Gasteiger partial charge in [0.15, 0.2) is 11.5 Å². The SMILES string of the molecule is C=CC(=O)N1CCN(c2nc(=O)n(-c3c(C)ccnc3C(C)C)c3nc(-c4c(F)cccc4S)c(F)cc23)[C@@H](C)C1. The van der Waals surface area contributed by atoms with E-state index in [-0.39, 0.29) is 50.9 Å². The number of hydrogen-bond acceptors (Lipinski definition) is 7. The molecule has 3 aromatic heterocycles. The molecule has 1 atom stereocenters. The molecular formula is C30H30F2N6O2S. The Labute approximate surface area is 241 Å². The Bertz CT molecular complexity index is 1740. The van der Waals surface area contributed by atoms with Crippen molar-refractivity contribution >= 4 is 35.4 Å². The number of fused-ring (bicyclic) bond motifs is 1. The van der Waals surface area contributed by atoms with Gasteiger partial charge in [0.05, 0.1) is 22.3 Å². The minimum atomic E-state index is -0.786. The van der Waals surface area contributed by atoms with Crippen LogP contribution in [0.3, 0.4) is 0 Å². The number of nitrogens with zero attached hydrogens (tertiary/aromatic N) is 6. The van der Waals surface area contributed by atoms with Crippen molar-refractivity contribution in [1.82, 2.24) is 24.4 Å². The predicted molar refractivity (Wildman–Crippen MR) is 158 cm³/mol. The molecule has 11 heteroatoms. The van der Waals surface area contributed by atoms with Crippen molar-refractivity contribution in [3.05, 3.63) is 82.6 Å². The Kier molecular flexibility index (Phi) is 7.65. The first-order valence-corrected chi connectivity index (χ1v) is 13.7. The molecule has 1 aliphatic rings. The normalized spacial score (nSPS) is 15.6. The number of anilines is 1. The number of amides is 1. The first kappa shape index (κ1) is 28.4. The smallest absolute Gasteiger partial charge is 0.350 e. The Hall–Kier alpha value is -4.12. The third-order valence-electron chi connectivity index (χ3n) is 7.34. The van der Waals surface area contributed by atoms with Crippen LogP contribution in [0.15, 0.2) is 58.9 Å². The molecule has 0 aliphatic carbocycles. The van der Waals surface area contributed by atoms with Crippen LogP contribution in [0.5, 0.6) is 0 Å². The average Bonchev–Trinajstić information content (AvgIpc) is 2.93. The van der Waals surface area contributed by atoms with E-state index in [0.29, 0.717) is 31.0 Å². The summed E-state index contributed by atoms with van der Waals surface area (Å²) in [5, 5.41) is 0.274. The minimum Gasteiger partial charge on any atom is -0.350 e. The van der Waals surface area contributed by atoms with Gasteiger partial charge in [-0.1, -0.05) is 26.5 Å². The van der Waals surface area contributed by atoms with Crippen LogP contribution in [0, 0.1) is 18.6 Å². The zero-order valence-corrected chi connectivity index (χ0v) is 24.1. The molecule has 8 nitrogen and oxygen atoms in total. The molecule has 0 bridgehead atoms. The van der Waals surface area contributed by atoms with Gasteiger partial charge >= 0.3 is 5.69 Å². The van der Waals surface area contributed by atoms with E-state index in [1.54, 1.807) is 23.2 Å². The number of carbonyl (C=O) groups excluding carboxylic acids is 1. The van der Waals surface area contributed by atoms with Crippen LogP contribution in [-0.2, 0) is 4.79 Å². The highest BCUT2D eigenvalue weighted by atomic mass is 32.1. The number of aromatic nitrogens is 4. The molecular weight excluding hydrogens is 546 g/mol. The predicted octanol–water partition coefficient (Wildman–Crippen LogP) is 5.06. The summed E-state index contributed by atoms with van der Waals surface area (Å²) in [6.07, 6.45) is 2.93. The second-order valence-corrected chi connectivity index (χ2v) is 10.9. The molecule has 4 heterocycles. The van der Waals surface area contributed by atoms with Crippen molar-refractivity contribution in [1.29, 1.82) is 0 Å². The zero-order valence-electron chi connectivity index (χ0n) is 23.2. The topological polar surface area (TPSA) is 84.2 Å². The minimum absolute atomic E-state index is 0.0578. The molecule has 41 heavy (non-hydrogen) atoms. The molecule has 0 spiro atoms. The van der Waals surface area contributed by atoms with Crippen molar-refractivity contribution in [3.8, 4) is 16.9 Å². The maximum Gasteiger partial charge on any atom is 0.355 e. The van der Waals surface area contributed by atoms with Crippen LogP contribution in [0.4, 0.5) is 14.6 Å². The first-order chi connectivity index (χ1) is 19.5. The van der Waals surface area contributed by atoms with Gasteiger partial charge in [0.1, 0.15) is 17.3 Å². The van der Waals surface area contributed by atoms with E-state index in [9.17, 15) is 9.59 Å². The van der Waals surface area contributed by atoms with Gasteiger partial charge in [0.2, 0.25) is 5.91 Å². The van der Waals surface area contributed by atoms with Crippen LogP contribution in [0.1, 0.15) is 37.9 Å². The number of thiol groups is 1. The number of carbonyl (C=O) groups is 1. The highest BCUT2D eigenvalue weighted by Crippen LogP contribution is 2.35. The molecule has 0 saturated carbocycles. The van der Waals surface area contributed by atoms with Crippen molar-refractivity contribution in [2.24, 2.45) is 0 Å². The van der Waals surface area contributed by atoms with Gasteiger partial charge in [0, 0.05) is 36.8 Å². The van der Waals surface area contributed by atoms with Gasteiger partial charge in [-0.05, 0) is 55.7 Å². The van der Waals surface area contributed by atoms with E-state index < -0.39 is 17.3 Å². The Morgan fingerprint density at radius 2 is 1.93 bits per heavy atom. The summed E-state index contributed by atoms with van der Waals surface area (Å²) in [7, 11) is 0. The van der Waals surface area contributed by atoms with E-state index in [0.717, 1.165) is 5.56 Å². The molecule has 1 saturated heterocycles. The Morgan fingerprint density at radius 1 is 1.17 bits per heavy atom. The van der Waals surface area contributed by atoms with Gasteiger partial charge < -0.3 is 9.80 Å². The summed E-state index contributed by atoms with van der Waals surface area (Å²) in [4.78, 5) is 43.5. The van der Waals surface area contributed by atoms with Crippen LogP contribution in [0.2, 0.25) is 0 Å². The summed E-state index contributed by atoms with van der Waals surface area (Å²) in [6, 6.07) is 7.00. The third-order valence-corrected chi connectivity index (χ3v) is 7.71. The van der Waals surface area contributed by atoms with Gasteiger partial charge in [-0.15, -0.1) is 12.6 Å². The van der Waals surface area contributed by atoms with Crippen LogP contribution >= 0.6 is 12.6 Å². The lowest BCUT2D eigenvalue weighted by Gasteiger charge is -2.40. The average molecular weight is 577 g/mol. The quantitative estimate of drug-likeness (QED) is 0.264. The number of aryl methyl sites for hydroxylation is 1. The lowest BCUT2D eigenvalue weighted by atomic mass is 10.0. The number of hydrogen-bond donors (Lipinski definition) is 1. The Balaban J connectivity index is 1.83. The summed E-state index contributed by atoms with van der Waals surface area (Å²) in [5.41, 5.74) is 0.990. The molecule has 1 amide bonds. The van der Waals surface area contributed by atoms with Crippen molar-refractivity contribution in [2.75, 3.05) is 24.5 Å². The van der Waals surface area contributed by atoms with Crippen molar-refractivity contribution in [3.63, 3.8) is 0 Å². The fourth-order valence-electron chi connectivity index (χ4n) is 5.33. The standard InChI is InChI=1S/C30H30F2N6O2S/c1-6-23(39)36-12-13-37(18(5)15-36)28-19-14-21(32)26(24-20(31)8-7-9-22(24)41)34-29(19)38(30(40)35-28)27-17(4)10-11-33-25(27)16(2)3/h6-11,14,16,18,41H,1,12-13,15H2,2-5H3/t18-/m0/s1. The second-order valence-electron chi connectivity index (χ2n) is 10.4. The number of benzene rings is 1. The maximum absolute atomic E-state index is 15.9. The molecule has 0 N–H and O–H groups in total. The van der Waals surface area contributed by atoms with Gasteiger partial charge in [-0.3, -0.25) is 9.78 Å². The lowest BCUT2D eigenvalue weighted by Crippen LogP contribution is -2.54. The van der Waals surface area contributed by atoms with E-state index in [4.69, 9.17) is 0 Å². The zero-order chi connectivity index (χ0) is 29.6. The third kappa shape index (κ3) is 4.99. The molecule has 1 aliphatic heterocycles. The molecule has 212 valence electrons. The highest BCUT2D eigenvalue weighted by Gasteiger charge is 2.31. The monoisotopic (exact) mass is 576 g/mol. The van der Waals surface area contributed by atoms with Gasteiger partial charge in [-0.25, -0.2) is 23.1 Å². The number of rotatable bonds is 5. The van der Waals surface area contributed by atoms with E-state index in [2.05, 4.69) is 34.2 Å². The van der Waals surface area contributed by atoms with Crippen LogP contribution in [0.25, 0.3) is 28.0 Å². The molecule has 1 fully saturated rings. The second kappa shape index (κ2) is 11.0. The van der Waals surface area contributed by atoms with Crippen molar-refractivity contribution < 1.29 is 13.6 Å². The Morgan fingerprint density at radius 3 is 2.59 bits per heavy atom. The van der Waals surface area contributed by atoms with Gasteiger partial charge in [-0.2, -0.15) is 4.98 Å². The summed E-state index contributed by atoms with van der Waals surface area (Å²) >= 11 is 4.36. The molecule has 4 aromatic rings. The summed E-state index contributed by atoms with van der Waals surface area (Å²) in [6.45, 7) is 12.3. The summed E-state index contributed by atoms with van der Waals surface area (Å²) < 4.78 is 32.2. The number of piperazine rings is 1. The molecule has 1 aromatic carbocycles. The fraction of sp³-hybridized carbons (Fsp3) is 0.300. The largest absolute Gasteiger partial charge is 0.355 e. The van der Waals surface area contributed by atoms with E-state index >= 15 is 8.78 Å². The lowest BCUT2D eigenvalue weighted by molar-refractivity contribution is -0.126. The highest BCUT2D eigenvalue weighted by molar-refractivity contribution is 7.80. The summed E-state index contributed by atoms with van der Waals surface area (Å²) in [5.74, 6) is -1.49. The van der Waals surface area contributed by atoms with E-state index in [1.165, 1.54) is 28.8 Å². The van der Waals surface area contributed by atoms with Crippen molar-refractivity contribution in [2.45, 2.75) is 44.6 Å².